The summed E-state index contributed by atoms with van der Waals surface area (Å²) in [6.07, 6.45) is 2.17. The Morgan fingerprint density at radius 3 is 2.95 bits per heavy atom. The second-order valence-electron chi connectivity index (χ2n) is 3.38. The van der Waals surface area contributed by atoms with Gasteiger partial charge in [0.15, 0.2) is 16.7 Å². The van der Waals surface area contributed by atoms with Gasteiger partial charge >= 0.3 is 0 Å². The predicted molar refractivity (Wildman–Crippen MR) is 63.6 cm³/mol. The minimum atomic E-state index is -0.986. The SMILES string of the molecule is O=C(NCCSc1ncn[nH]1)c1ncc(F)cc1F. The van der Waals surface area contributed by atoms with Gasteiger partial charge in [-0.2, -0.15) is 5.10 Å². The van der Waals surface area contributed by atoms with Crippen LogP contribution in [0, 0.1) is 11.6 Å². The van der Waals surface area contributed by atoms with Crippen molar-refractivity contribution >= 4 is 17.7 Å². The molecular weight excluding hydrogens is 276 g/mol. The van der Waals surface area contributed by atoms with Gasteiger partial charge in [0.2, 0.25) is 0 Å². The number of hydrogen-bond donors (Lipinski definition) is 2. The first kappa shape index (κ1) is 13.4. The van der Waals surface area contributed by atoms with Crippen LogP contribution in [-0.2, 0) is 0 Å². The van der Waals surface area contributed by atoms with E-state index in [4.69, 9.17) is 0 Å². The highest BCUT2D eigenvalue weighted by Crippen LogP contribution is 2.09. The number of nitrogens with zero attached hydrogens (tertiary/aromatic N) is 3. The molecular formula is C10H9F2N5OS. The Morgan fingerprint density at radius 2 is 2.26 bits per heavy atom. The van der Waals surface area contributed by atoms with Crippen LogP contribution in [0.25, 0.3) is 0 Å². The summed E-state index contributed by atoms with van der Waals surface area (Å²) < 4.78 is 25.9. The first-order valence-corrected chi connectivity index (χ1v) is 6.23. The topological polar surface area (TPSA) is 83.6 Å². The lowest BCUT2D eigenvalue weighted by Gasteiger charge is -2.04. The molecule has 2 aromatic rings. The lowest BCUT2D eigenvalue weighted by molar-refractivity contribution is 0.0946. The number of H-pyrrole nitrogens is 1. The average Bonchev–Trinajstić information content (AvgIpc) is 2.87. The third kappa shape index (κ3) is 3.71. The first-order chi connectivity index (χ1) is 9.16. The molecule has 100 valence electrons. The van der Waals surface area contributed by atoms with Gasteiger partial charge in [-0.05, 0) is 0 Å². The Kier molecular flexibility index (Phi) is 4.39. The molecule has 0 aliphatic carbocycles. The molecule has 2 N–H and O–H groups in total. The van der Waals surface area contributed by atoms with Gasteiger partial charge < -0.3 is 5.32 Å². The molecule has 0 radical (unpaired) electrons. The Balaban J connectivity index is 1.81. The van der Waals surface area contributed by atoms with Crippen LogP contribution in [-0.4, -0.2) is 38.4 Å². The summed E-state index contributed by atoms with van der Waals surface area (Å²) in [5, 5.41) is 9.41. The second-order valence-corrected chi connectivity index (χ2v) is 4.46. The van der Waals surface area contributed by atoms with Crippen LogP contribution in [0.1, 0.15) is 10.5 Å². The highest BCUT2D eigenvalue weighted by Gasteiger charge is 2.13. The Bertz CT molecular complexity index is 563. The van der Waals surface area contributed by atoms with E-state index in [0.717, 1.165) is 6.20 Å². The van der Waals surface area contributed by atoms with Crippen LogP contribution < -0.4 is 5.32 Å². The summed E-state index contributed by atoms with van der Waals surface area (Å²) in [6, 6.07) is 0.616. The van der Waals surface area contributed by atoms with Gasteiger partial charge in [-0.25, -0.2) is 18.7 Å². The summed E-state index contributed by atoms with van der Waals surface area (Å²) in [5.41, 5.74) is -0.425. The summed E-state index contributed by atoms with van der Waals surface area (Å²) in [6.45, 7) is 0.294. The van der Waals surface area contributed by atoms with Gasteiger partial charge in [0, 0.05) is 18.4 Å². The van der Waals surface area contributed by atoms with Crippen molar-refractivity contribution in [1.29, 1.82) is 0 Å². The standard InChI is InChI=1S/C10H9F2N5OS/c11-6-3-7(12)8(14-4-6)9(18)13-1-2-19-10-15-5-16-17-10/h3-5H,1-2H2,(H,13,18)(H,15,16,17). The van der Waals surface area contributed by atoms with Crippen molar-refractivity contribution in [2.24, 2.45) is 0 Å². The van der Waals surface area contributed by atoms with Crippen molar-refractivity contribution < 1.29 is 13.6 Å². The Morgan fingerprint density at radius 1 is 1.42 bits per heavy atom. The van der Waals surface area contributed by atoms with Gasteiger partial charge in [-0.15, -0.1) is 0 Å². The fourth-order valence-electron chi connectivity index (χ4n) is 1.24. The first-order valence-electron chi connectivity index (χ1n) is 5.24. The predicted octanol–water partition coefficient (Wildman–Crippen LogP) is 1.000. The zero-order valence-corrected chi connectivity index (χ0v) is 10.4. The average molecular weight is 285 g/mol. The van der Waals surface area contributed by atoms with Crippen LogP contribution in [0.4, 0.5) is 8.78 Å². The van der Waals surface area contributed by atoms with Crippen molar-refractivity contribution in [1.82, 2.24) is 25.5 Å². The van der Waals surface area contributed by atoms with Gasteiger partial charge in [0.1, 0.15) is 12.1 Å². The molecule has 1 amide bonds. The number of nitrogens with one attached hydrogen (secondary N) is 2. The van der Waals surface area contributed by atoms with Crippen LogP contribution in [0.5, 0.6) is 0 Å². The zero-order valence-electron chi connectivity index (χ0n) is 9.56. The molecule has 0 atom stereocenters. The molecule has 6 nitrogen and oxygen atoms in total. The second kappa shape index (κ2) is 6.23. The van der Waals surface area contributed by atoms with E-state index in [1.54, 1.807) is 0 Å². The lowest BCUT2D eigenvalue weighted by Crippen LogP contribution is -2.27. The van der Waals surface area contributed by atoms with E-state index in [1.807, 2.05) is 0 Å². The summed E-state index contributed by atoms with van der Waals surface area (Å²) >= 11 is 1.35. The highest BCUT2D eigenvalue weighted by atomic mass is 32.2. The number of hydrogen-bond acceptors (Lipinski definition) is 5. The number of rotatable bonds is 5. The van der Waals surface area contributed by atoms with Crippen LogP contribution in [0.3, 0.4) is 0 Å². The third-order valence-electron chi connectivity index (χ3n) is 2.04. The summed E-state index contributed by atoms with van der Waals surface area (Å²) in [4.78, 5) is 18.9. The van der Waals surface area contributed by atoms with E-state index in [0.29, 0.717) is 23.5 Å². The van der Waals surface area contributed by atoms with E-state index < -0.39 is 23.2 Å². The maximum atomic E-state index is 13.2. The molecule has 0 aliphatic rings. The van der Waals surface area contributed by atoms with Gasteiger partial charge in [0.05, 0.1) is 6.20 Å². The summed E-state index contributed by atoms with van der Waals surface area (Å²) in [7, 11) is 0. The maximum Gasteiger partial charge on any atom is 0.272 e. The van der Waals surface area contributed by atoms with E-state index in [1.165, 1.54) is 18.1 Å². The number of thioether (sulfide) groups is 1. The molecule has 19 heavy (non-hydrogen) atoms. The lowest BCUT2D eigenvalue weighted by atomic mass is 10.3. The minimum absolute atomic E-state index is 0.294. The molecule has 0 aliphatic heterocycles. The van der Waals surface area contributed by atoms with Crippen molar-refractivity contribution in [3.63, 3.8) is 0 Å². The van der Waals surface area contributed by atoms with Crippen LogP contribution in [0.2, 0.25) is 0 Å². The molecule has 2 aromatic heterocycles. The van der Waals surface area contributed by atoms with E-state index in [-0.39, 0.29) is 0 Å². The molecule has 2 heterocycles. The molecule has 0 bridgehead atoms. The molecule has 0 unspecified atom stereocenters. The van der Waals surface area contributed by atoms with E-state index >= 15 is 0 Å². The minimum Gasteiger partial charge on any atom is -0.350 e. The maximum absolute atomic E-state index is 13.2. The Hall–Kier alpha value is -2.03. The number of halogens is 2. The van der Waals surface area contributed by atoms with Crippen molar-refractivity contribution in [2.75, 3.05) is 12.3 Å². The fourth-order valence-corrected chi connectivity index (χ4v) is 1.88. The molecule has 0 aromatic carbocycles. The van der Waals surface area contributed by atoms with Crippen molar-refractivity contribution in [2.45, 2.75) is 5.16 Å². The smallest absolute Gasteiger partial charge is 0.272 e. The molecule has 9 heteroatoms. The van der Waals surface area contributed by atoms with Crippen LogP contribution >= 0.6 is 11.8 Å². The van der Waals surface area contributed by atoms with Gasteiger partial charge in [-0.3, -0.25) is 9.89 Å². The highest BCUT2D eigenvalue weighted by molar-refractivity contribution is 7.99. The van der Waals surface area contributed by atoms with Gasteiger partial charge in [0.25, 0.3) is 5.91 Å². The Labute approximate surface area is 111 Å². The van der Waals surface area contributed by atoms with Crippen molar-refractivity contribution in [3.8, 4) is 0 Å². The quantitative estimate of drug-likeness (QED) is 0.632. The number of aromatic nitrogens is 4. The fraction of sp³-hybridized carbons (Fsp3) is 0.200. The number of amides is 1. The number of aromatic amines is 1. The zero-order chi connectivity index (χ0) is 13.7. The molecule has 0 spiro atoms. The van der Waals surface area contributed by atoms with E-state index in [2.05, 4.69) is 25.5 Å². The molecule has 0 saturated heterocycles. The molecule has 0 fully saturated rings. The third-order valence-corrected chi connectivity index (χ3v) is 2.92. The van der Waals surface area contributed by atoms with Crippen LogP contribution in [0.15, 0.2) is 23.7 Å². The largest absolute Gasteiger partial charge is 0.350 e. The van der Waals surface area contributed by atoms with E-state index in [9.17, 15) is 13.6 Å². The molecule has 2 rings (SSSR count). The number of carbonyl (C=O) groups excluding carboxylic acids is 1. The van der Waals surface area contributed by atoms with Gasteiger partial charge in [-0.1, -0.05) is 11.8 Å². The number of carbonyl (C=O) groups is 1. The monoisotopic (exact) mass is 285 g/mol. The number of pyridine rings is 1. The normalized spacial score (nSPS) is 10.4. The van der Waals surface area contributed by atoms with Crippen molar-refractivity contribution in [3.05, 3.63) is 35.9 Å². The summed E-state index contributed by atoms with van der Waals surface area (Å²) in [5.74, 6) is -1.96. The molecule has 0 saturated carbocycles.